The number of carbonyl (C=O) groups is 1. The van der Waals surface area contributed by atoms with E-state index >= 15 is 0 Å². The van der Waals surface area contributed by atoms with Crippen LogP contribution in [0.15, 0.2) is 29.6 Å². The number of pyridine rings is 1. The van der Waals surface area contributed by atoms with Crippen molar-refractivity contribution in [3.63, 3.8) is 0 Å². The molecule has 84 valence electrons. The zero-order chi connectivity index (χ0) is 11.5. The van der Waals surface area contributed by atoms with Crippen molar-refractivity contribution in [3.8, 4) is 0 Å². The lowest BCUT2D eigenvalue weighted by Crippen LogP contribution is -2.26. The molecule has 6 nitrogen and oxygen atoms in total. The van der Waals surface area contributed by atoms with E-state index in [-0.39, 0.29) is 6.54 Å². The fraction of sp³-hybridized carbons (Fsp3) is 0.222. The summed E-state index contributed by atoms with van der Waals surface area (Å²) in [5.74, 6) is -0.944. The van der Waals surface area contributed by atoms with Crippen LogP contribution in [0.4, 0.5) is 0 Å². The number of aromatic nitrogens is 3. The molecule has 0 aromatic carbocycles. The fourth-order valence-electron chi connectivity index (χ4n) is 1.23. The Hall–Kier alpha value is -1.60. The quantitative estimate of drug-likeness (QED) is 0.741. The average molecular weight is 238 g/mol. The first-order valence-corrected chi connectivity index (χ1v) is 5.49. The van der Waals surface area contributed by atoms with Crippen LogP contribution in [0.25, 0.3) is 5.65 Å². The third kappa shape index (κ3) is 2.00. The molecule has 1 atom stereocenters. The minimum atomic E-state index is -0.944. The number of aliphatic carboxylic acids is 1. The second kappa shape index (κ2) is 4.50. The molecule has 0 spiro atoms. The first-order valence-electron chi connectivity index (χ1n) is 4.61. The second-order valence-electron chi connectivity index (χ2n) is 3.09. The van der Waals surface area contributed by atoms with Gasteiger partial charge in [0.25, 0.3) is 0 Å². The normalized spacial score (nSPS) is 12.8. The molecule has 2 rings (SSSR count). The highest BCUT2D eigenvalue weighted by Gasteiger charge is 2.19. The van der Waals surface area contributed by atoms with Crippen molar-refractivity contribution in [1.29, 1.82) is 0 Å². The van der Waals surface area contributed by atoms with Crippen LogP contribution in [-0.4, -0.2) is 37.5 Å². The van der Waals surface area contributed by atoms with Gasteiger partial charge in [0.15, 0.2) is 10.8 Å². The van der Waals surface area contributed by atoms with Crippen LogP contribution < -0.4 is 5.73 Å². The molecule has 2 heterocycles. The molecule has 0 bridgehead atoms. The van der Waals surface area contributed by atoms with Crippen molar-refractivity contribution in [2.24, 2.45) is 5.73 Å². The number of rotatable bonds is 4. The molecule has 7 heteroatoms. The Morgan fingerprint density at radius 1 is 1.56 bits per heavy atom. The predicted octanol–water partition coefficient (Wildman–Crippen LogP) is 0.233. The van der Waals surface area contributed by atoms with E-state index in [1.165, 1.54) is 0 Å². The molecule has 0 aliphatic rings. The molecule has 0 radical (unpaired) electrons. The lowest BCUT2D eigenvalue weighted by Gasteiger charge is -2.06. The number of carboxylic acids is 1. The smallest absolute Gasteiger partial charge is 0.318 e. The Morgan fingerprint density at radius 3 is 3.06 bits per heavy atom. The molecule has 2 aromatic heterocycles. The van der Waals surface area contributed by atoms with Crippen molar-refractivity contribution >= 4 is 23.4 Å². The van der Waals surface area contributed by atoms with E-state index in [0.717, 1.165) is 11.8 Å². The van der Waals surface area contributed by atoms with Crippen LogP contribution in [0.2, 0.25) is 0 Å². The van der Waals surface area contributed by atoms with Crippen LogP contribution in [0.1, 0.15) is 0 Å². The summed E-state index contributed by atoms with van der Waals surface area (Å²) in [5.41, 5.74) is 6.06. The van der Waals surface area contributed by atoms with Crippen molar-refractivity contribution in [2.45, 2.75) is 10.4 Å². The summed E-state index contributed by atoms with van der Waals surface area (Å²) < 4.78 is 1.73. The summed E-state index contributed by atoms with van der Waals surface area (Å²) in [7, 11) is 0. The first kappa shape index (κ1) is 10.9. The highest BCUT2D eigenvalue weighted by molar-refractivity contribution is 8.00. The molecular formula is C9H10N4O2S. The Balaban J connectivity index is 2.30. The molecule has 3 N–H and O–H groups in total. The molecule has 0 saturated heterocycles. The molecular weight excluding hydrogens is 228 g/mol. The number of fused-ring (bicyclic) bond motifs is 1. The fourth-order valence-corrected chi connectivity index (χ4v) is 2.03. The summed E-state index contributed by atoms with van der Waals surface area (Å²) in [5, 5.41) is 16.6. The minimum Gasteiger partial charge on any atom is -0.480 e. The van der Waals surface area contributed by atoms with Gasteiger partial charge in [-0.25, -0.2) is 0 Å². The van der Waals surface area contributed by atoms with E-state index in [2.05, 4.69) is 10.2 Å². The maximum Gasteiger partial charge on any atom is 0.318 e. The van der Waals surface area contributed by atoms with Gasteiger partial charge in [-0.1, -0.05) is 17.8 Å². The highest BCUT2D eigenvalue weighted by Crippen LogP contribution is 2.21. The number of nitrogens with two attached hydrogens (primary N) is 1. The number of thioether (sulfide) groups is 1. The van der Waals surface area contributed by atoms with Gasteiger partial charge < -0.3 is 10.8 Å². The lowest BCUT2D eigenvalue weighted by atomic mass is 10.4. The van der Waals surface area contributed by atoms with Crippen molar-refractivity contribution in [3.05, 3.63) is 24.4 Å². The summed E-state index contributed by atoms with van der Waals surface area (Å²) in [4.78, 5) is 10.8. The van der Waals surface area contributed by atoms with Crippen LogP contribution in [0, 0.1) is 0 Å². The molecule has 0 saturated carbocycles. The molecule has 2 aromatic rings. The van der Waals surface area contributed by atoms with Crippen molar-refractivity contribution in [2.75, 3.05) is 6.54 Å². The van der Waals surface area contributed by atoms with E-state index in [9.17, 15) is 4.79 Å². The maximum absolute atomic E-state index is 10.8. The Bertz CT molecular complexity index is 513. The van der Waals surface area contributed by atoms with Gasteiger partial charge in [0.1, 0.15) is 5.25 Å². The molecule has 16 heavy (non-hydrogen) atoms. The Morgan fingerprint density at radius 2 is 2.38 bits per heavy atom. The number of hydrogen-bond donors (Lipinski definition) is 2. The van der Waals surface area contributed by atoms with Gasteiger partial charge in [-0.05, 0) is 12.1 Å². The SMILES string of the molecule is NCC(Sc1nnc2ccccn12)C(=O)O. The van der Waals surface area contributed by atoms with Gasteiger partial charge in [0.2, 0.25) is 0 Å². The van der Waals surface area contributed by atoms with Gasteiger partial charge in [-0.2, -0.15) is 0 Å². The molecule has 0 amide bonds. The molecule has 1 unspecified atom stereocenters. The summed E-state index contributed by atoms with van der Waals surface area (Å²) in [6, 6.07) is 5.48. The standard InChI is InChI=1S/C9H10N4O2S/c10-5-6(8(14)15)16-9-12-11-7-3-1-2-4-13(7)9/h1-4,6H,5,10H2,(H,14,15). The van der Waals surface area contributed by atoms with Crippen LogP contribution in [0.5, 0.6) is 0 Å². The number of hydrogen-bond acceptors (Lipinski definition) is 5. The average Bonchev–Trinajstić information content (AvgIpc) is 2.69. The van der Waals surface area contributed by atoms with Crippen molar-refractivity contribution in [1.82, 2.24) is 14.6 Å². The van der Waals surface area contributed by atoms with Crippen LogP contribution >= 0.6 is 11.8 Å². The van der Waals surface area contributed by atoms with Crippen LogP contribution in [-0.2, 0) is 4.79 Å². The Kier molecular flexibility index (Phi) is 3.07. The number of carboxylic acid groups (broad SMARTS) is 1. The zero-order valence-electron chi connectivity index (χ0n) is 8.28. The molecule has 0 aliphatic carbocycles. The summed E-state index contributed by atoms with van der Waals surface area (Å²) in [6.07, 6.45) is 1.78. The summed E-state index contributed by atoms with van der Waals surface area (Å²) >= 11 is 1.10. The monoisotopic (exact) mass is 238 g/mol. The third-order valence-corrected chi connectivity index (χ3v) is 3.19. The van der Waals surface area contributed by atoms with E-state index in [0.29, 0.717) is 10.8 Å². The van der Waals surface area contributed by atoms with Gasteiger partial charge >= 0.3 is 5.97 Å². The highest BCUT2D eigenvalue weighted by atomic mass is 32.2. The topological polar surface area (TPSA) is 93.5 Å². The summed E-state index contributed by atoms with van der Waals surface area (Å²) in [6.45, 7) is 0.0573. The van der Waals surface area contributed by atoms with Gasteiger partial charge in [0.05, 0.1) is 0 Å². The largest absolute Gasteiger partial charge is 0.480 e. The zero-order valence-corrected chi connectivity index (χ0v) is 9.09. The number of nitrogens with zero attached hydrogens (tertiary/aromatic N) is 3. The minimum absolute atomic E-state index is 0.0573. The van der Waals surface area contributed by atoms with Gasteiger partial charge in [-0.15, -0.1) is 10.2 Å². The van der Waals surface area contributed by atoms with Gasteiger partial charge in [-0.3, -0.25) is 9.20 Å². The lowest BCUT2D eigenvalue weighted by molar-refractivity contribution is -0.136. The second-order valence-corrected chi connectivity index (χ2v) is 4.26. The van der Waals surface area contributed by atoms with E-state index in [4.69, 9.17) is 10.8 Å². The molecule has 0 fully saturated rings. The van der Waals surface area contributed by atoms with Gasteiger partial charge in [0, 0.05) is 12.7 Å². The van der Waals surface area contributed by atoms with Crippen LogP contribution in [0.3, 0.4) is 0 Å². The van der Waals surface area contributed by atoms with E-state index in [1.54, 1.807) is 16.7 Å². The maximum atomic E-state index is 10.8. The predicted molar refractivity (Wildman–Crippen MR) is 59.3 cm³/mol. The Labute approximate surface area is 95.5 Å². The van der Waals surface area contributed by atoms with Crippen molar-refractivity contribution < 1.29 is 9.90 Å². The third-order valence-electron chi connectivity index (χ3n) is 2.02. The van der Waals surface area contributed by atoms with E-state index < -0.39 is 11.2 Å². The molecule has 0 aliphatic heterocycles. The first-order chi connectivity index (χ1) is 7.72. The van der Waals surface area contributed by atoms with E-state index in [1.807, 2.05) is 12.1 Å².